The molecule has 4 rings (SSSR count). The fraction of sp³-hybridized carbons (Fsp3) is 0.660. The van der Waals surface area contributed by atoms with Gasteiger partial charge in [-0.15, -0.1) is 0 Å². The van der Waals surface area contributed by atoms with Crippen molar-refractivity contribution in [2.45, 2.75) is 143 Å². The normalized spacial score (nSPS) is 17.6. The molecule has 2 aliphatic rings. The van der Waals surface area contributed by atoms with Crippen LogP contribution >= 0.6 is 0 Å². The van der Waals surface area contributed by atoms with E-state index in [1.807, 2.05) is 95.3 Å². The molecule has 2 N–H and O–H groups in total. The van der Waals surface area contributed by atoms with E-state index in [-0.39, 0.29) is 53.8 Å². The van der Waals surface area contributed by atoms with Gasteiger partial charge in [0.2, 0.25) is 11.8 Å². The van der Waals surface area contributed by atoms with Crippen molar-refractivity contribution < 1.29 is 24.0 Å². The van der Waals surface area contributed by atoms with Gasteiger partial charge in [0.15, 0.2) is 11.6 Å². The Bertz CT molecular complexity index is 1600. The van der Waals surface area contributed by atoms with Crippen molar-refractivity contribution in [1.82, 2.24) is 20.4 Å². The van der Waals surface area contributed by atoms with Crippen LogP contribution in [0.15, 0.2) is 60.7 Å². The third-order valence-electron chi connectivity index (χ3n) is 12.5. The molecule has 2 aromatic rings. The lowest BCUT2D eigenvalue weighted by molar-refractivity contribution is -0.135. The molecule has 1 heterocycles. The molecule has 0 aromatic heterocycles. The highest BCUT2D eigenvalue weighted by molar-refractivity contribution is 5.97. The fourth-order valence-electron chi connectivity index (χ4n) is 8.37. The van der Waals surface area contributed by atoms with Crippen LogP contribution in [-0.4, -0.2) is 90.8 Å². The zero-order valence-corrected chi connectivity index (χ0v) is 37.3. The Morgan fingerprint density at radius 1 is 0.661 bits per heavy atom. The molecular weight excluding hydrogens is 737 g/mol. The average molecular weight is 813 g/mol. The first-order chi connectivity index (χ1) is 28.2. The van der Waals surface area contributed by atoms with Crippen LogP contribution in [0, 0.1) is 29.1 Å². The van der Waals surface area contributed by atoms with Gasteiger partial charge in [-0.25, -0.2) is 0 Å². The maximum atomic E-state index is 14.3. The van der Waals surface area contributed by atoms with E-state index < -0.39 is 29.3 Å². The quantitative estimate of drug-likeness (QED) is 0.0837. The van der Waals surface area contributed by atoms with Gasteiger partial charge in [0.25, 0.3) is 0 Å². The zero-order chi connectivity index (χ0) is 42.8. The number of benzene rings is 2. The van der Waals surface area contributed by atoms with Crippen LogP contribution < -0.4 is 10.6 Å². The number of nitrogens with zero attached hydrogens (tertiary/aromatic N) is 2. The van der Waals surface area contributed by atoms with Crippen LogP contribution in [-0.2, 0) is 36.8 Å². The first-order valence-corrected chi connectivity index (χ1v) is 22.9. The number of unbranched alkanes of at least 4 members (excludes halogenated alkanes) is 4. The highest BCUT2D eigenvalue weighted by atomic mass is 16.2. The van der Waals surface area contributed by atoms with E-state index in [1.54, 1.807) is 0 Å². The summed E-state index contributed by atoms with van der Waals surface area (Å²) in [6.45, 7) is 15.8. The number of carbonyl (C=O) groups excluding carboxylic acids is 5. The minimum atomic E-state index is -0.799. The standard InChI is InChI=1S/C50H76N4O5/c1-37(2)32-44(46(56)36-42(34-40-20-14-11-15-21-40)49(59)52-45(33-38(3)4)47(57)50(5)25-26-50)51-48(58)41(24-23-39-18-12-10-13-19-39)35-43(55)22-16-8-7-9-17-27-54-30-28-53(6)29-31-54/h10-15,18-21,37-38,41-42,44-45H,7-9,16-17,22-36H2,1-6H3,(H,51,58)(H,52,59)/t41?,42-,44+,45+/m1/s1. The topological polar surface area (TPSA) is 116 Å². The molecule has 1 aliphatic heterocycles. The minimum Gasteiger partial charge on any atom is -0.346 e. The highest BCUT2D eigenvalue weighted by Crippen LogP contribution is 2.47. The Hall–Kier alpha value is -3.69. The summed E-state index contributed by atoms with van der Waals surface area (Å²) in [4.78, 5) is 74.6. The number of rotatable bonds is 28. The largest absolute Gasteiger partial charge is 0.346 e. The lowest BCUT2D eigenvalue weighted by atomic mass is 9.87. The summed E-state index contributed by atoms with van der Waals surface area (Å²) in [5.41, 5.74) is 1.63. The number of amides is 2. The van der Waals surface area contributed by atoms with Gasteiger partial charge in [0.05, 0.1) is 12.1 Å². The fourth-order valence-corrected chi connectivity index (χ4v) is 8.37. The number of hydrogen-bond donors (Lipinski definition) is 2. The molecule has 0 radical (unpaired) electrons. The maximum Gasteiger partial charge on any atom is 0.224 e. The number of ketones is 3. The number of Topliss-reactive ketones (excluding diaryl/α,β-unsaturated/α-hetero) is 3. The first kappa shape index (κ1) is 48.0. The van der Waals surface area contributed by atoms with Crippen LogP contribution in [0.3, 0.4) is 0 Å². The smallest absolute Gasteiger partial charge is 0.224 e. The van der Waals surface area contributed by atoms with Gasteiger partial charge in [-0.1, -0.05) is 115 Å². The number of piperazine rings is 1. The van der Waals surface area contributed by atoms with Crippen LogP contribution in [0.4, 0.5) is 0 Å². The van der Waals surface area contributed by atoms with Crippen LogP contribution in [0.1, 0.15) is 129 Å². The van der Waals surface area contributed by atoms with Crippen molar-refractivity contribution in [3.05, 3.63) is 71.8 Å². The van der Waals surface area contributed by atoms with E-state index in [9.17, 15) is 24.0 Å². The predicted molar refractivity (Wildman–Crippen MR) is 238 cm³/mol. The van der Waals surface area contributed by atoms with Crippen molar-refractivity contribution in [2.24, 2.45) is 29.1 Å². The molecule has 0 spiro atoms. The highest BCUT2D eigenvalue weighted by Gasteiger charge is 2.48. The molecule has 59 heavy (non-hydrogen) atoms. The molecule has 1 aliphatic carbocycles. The summed E-state index contributed by atoms with van der Waals surface area (Å²) < 4.78 is 0. The summed E-state index contributed by atoms with van der Waals surface area (Å²) in [6.07, 6.45) is 9.92. The summed E-state index contributed by atoms with van der Waals surface area (Å²) in [6, 6.07) is 18.2. The molecule has 2 fully saturated rings. The molecule has 2 aromatic carbocycles. The second kappa shape index (κ2) is 24.5. The Morgan fingerprint density at radius 2 is 1.20 bits per heavy atom. The van der Waals surface area contributed by atoms with Crippen molar-refractivity contribution in [2.75, 3.05) is 39.8 Å². The number of likely N-dealkylation sites (N-methyl/N-ethyl adjacent to an activating group) is 1. The monoisotopic (exact) mass is 813 g/mol. The molecule has 1 saturated heterocycles. The summed E-state index contributed by atoms with van der Waals surface area (Å²) in [5, 5.41) is 6.19. The van der Waals surface area contributed by atoms with Crippen LogP contribution in [0.25, 0.3) is 0 Å². The van der Waals surface area contributed by atoms with Gasteiger partial charge in [0, 0.05) is 62.7 Å². The van der Waals surface area contributed by atoms with Crippen LogP contribution in [0.2, 0.25) is 0 Å². The maximum absolute atomic E-state index is 14.3. The Balaban J connectivity index is 1.40. The van der Waals surface area contributed by atoms with Crippen LogP contribution in [0.5, 0.6) is 0 Å². The second-order valence-electron chi connectivity index (χ2n) is 19.0. The van der Waals surface area contributed by atoms with Gasteiger partial charge in [0.1, 0.15) is 5.78 Å². The van der Waals surface area contributed by atoms with Gasteiger partial charge in [-0.05, 0) is 94.3 Å². The molecule has 2 amide bonds. The minimum absolute atomic E-state index is 0.0682. The van der Waals surface area contributed by atoms with E-state index >= 15 is 0 Å². The third kappa shape index (κ3) is 17.4. The third-order valence-corrected chi connectivity index (χ3v) is 12.5. The zero-order valence-electron chi connectivity index (χ0n) is 37.3. The summed E-state index contributed by atoms with van der Waals surface area (Å²) >= 11 is 0. The molecule has 4 atom stereocenters. The summed E-state index contributed by atoms with van der Waals surface area (Å²) in [7, 11) is 2.18. The van der Waals surface area contributed by atoms with Gasteiger partial charge in [-0.3, -0.25) is 24.0 Å². The Morgan fingerprint density at radius 3 is 1.81 bits per heavy atom. The molecule has 1 unspecified atom stereocenters. The van der Waals surface area contributed by atoms with Crippen molar-refractivity contribution in [1.29, 1.82) is 0 Å². The molecule has 9 nitrogen and oxygen atoms in total. The molecular formula is C50H76N4O5. The van der Waals surface area contributed by atoms with Gasteiger partial charge >= 0.3 is 0 Å². The second-order valence-corrected chi connectivity index (χ2v) is 19.0. The average Bonchev–Trinajstić information content (AvgIpc) is 3.97. The number of hydrogen-bond acceptors (Lipinski definition) is 7. The SMILES string of the molecule is CC(C)C[C@H](NC(=O)C(CCc1ccccc1)CC(=O)CCCCCCCN1CCN(C)CC1)C(=O)C[C@@H](Cc1ccccc1)C(=O)N[C@@H](CC(C)C)C(=O)C1(C)CC1. The summed E-state index contributed by atoms with van der Waals surface area (Å²) in [5.74, 6) is -1.60. The van der Waals surface area contributed by atoms with Crippen molar-refractivity contribution >= 4 is 29.2 Å². The Kier molecular flexibility index (Phi) is 20.0. The van der Waals surface area contributed by atoms with Gasteiger partial charge < -0.3 is 20.4 Å². The van der Waals surface area contributed by atoms with E-state index in [0.717, 1.165) is 82.4 Å². The number of carbonyl (C=O) groups is 5. The van der Waals surface area contributed by atoms with Gasteiger partial charge in [-0.2, -0.15) is 0 Å². The number of nitrogens with one attached hydrogen (secondary N) is 2. The molecule has 326 valence electrons. The van der Waals surface area contributed by atoms with E-state index in [4.69, 9.17) is 0 Å². The van der Waals surface area contributed by atoms with E-state index in [2.05, 4.69) is 27.5 Å². The van der Waals surface area contributed by atoms with E-state index in [1.165, 1.54) is 6.42 Å². The molecule has 0 bridgehead atoms. The molecule has 9 heteroatoms. The lowest BCUT2D eigenvalue weighted by Crippen LogP contribution is -2.49. The Labute approximate surface area is 356 Å². The van der Waals surface area contributed by atoms with Crippen molar-refractivity contribution in [3.8, 4) is 0 Å². The van der Waals surface area contributed by atoms with E-state index in [0.29, 0.717) is 38.5 Å². The first-order valence-electron chi connectivity index (χ1n) is 22.9. The lowest BCUT2D eigenvalue weighted by Gasteiger charge is -2.32. The van der Waals surface area contributed by atoms with Crippen molar-refractivity contribution in [3.63, 3.8) is 0 Å². The molecule has 1 saturated carbocycles. The predicted octanol–water partition coefficient (Wildman–Crippen LogP) is 8.03. The number of aryl methyl sites for hydroxylation is 1.